The van der Waals surface area contributed by atoms with E-state index < -0.39 is 0 Å². The Hall–Kier alpha value is -2.95. The summed E-state index contributed by atoms with van der Waals surface area (Å²) in [7, 11) is 0. The Labute approximate surface area is 116 Å². The molecule has 0 amide bonds. The van der Waals surface area contributed by atoms with Gasteiger partial charge in [0.15, 0.2) is 12.2 Å². The van der Waals surface area contributed by atoms with Gasteiger partial charge in [-0.05, 0) is 30.3 Å². The number of nitrogens with zero attached hydrogens (tertiary/aromatic N) is 1. The Balaban J connectivity index is 2.25. The molecule has 0 heterocycles. The first-order valence-electron chi connectivity index (χ1n) is 5.93. The van der Waals surface area contributed by atoms with Gasteiger partial charge in [0.1, 0.15) is 6.29 Å². The summed E-state index contributed by atoms with van der Waals surface area (Å²) in [5, 5.41) is 2.91. The van der Waals surface area contributed by atoms with Gasteiger partial charge in [0.25, 0.3) is 0 Å². The third kappa shape index (κ3) is 3.29. The number of carbonyl (C=O) groups is 2. The van der Waals surface area contributed by atoms with Crippen LogP contribution >= 0.6 is 0 Å². The van der Waals surface area contributed by atoms with E-state index in [0.717, 1.165) is 5.69 Å². The van der Waals surface area contributed by atoms with Gasteiger partial charge in [-0.3, -0.25) is 9.59 Å². The minimum atomic E-state index is 0.165. The highest BCUT2D eigenvalue weighted by Crippen LogP contribution is 2.18. The minimum absolute atomic E-state index is 0.165. The van der Waals surface area contributed by atoms with Crippen LogP contribution in [0.3, 0.4) is 0 Å². The van der Waals surface area contributed by atoms with Crippen LogP contribution in [0.25, 0.3) is 0 Å². The molecular formula is C15H13N3O2. The summed E-state index contributed by atoms with van der Waals surface area (Å²) >= 11 is 0. The Kier molecular flexibility index (Phi) is 4.24. The van der Waals surface area contributed by atoms with Crippen LogP contribution in [0.5, 0.6) is 0 Å². The molecule has 0 spiro atoms. The van der Waals surface area contributed by atoms with Crippen molar-refractivity contribution in [3.8, 4) is 0 Å². The number of rotatable bonds is 4. The smallest absolute Gasteiger partial charge is 0.198 e. The first-order valence-corrected chi connectivity index (χ1v) is 5.93. The summed E-state index contributed by atoms with van der Waals surface area (Å²) in [6.07, 6.45) is 1.31. The zero-order valence-corrected chi connectivity index (χ0v) is 10.6. The summed E-state index contributed by atoms with van der Waals surface area (Å²) in [6, 6.07) is 13.9. The van der Waals surface area contributed by atoms with Gasteiger partial charge < -0.3 is 11.1 Å². The number of guanidine groups is 1. The monoisotopic (exact) mass is 267 g/mol. The summed E-state index contributed by atoms with van der Waals surface area (Å²) < 4.78 is 0. The van der Waals surface area contributed by atoms with E-state index >= 15 is 0 Å². The van der Waals surface area contributed by atoms with Gasteiger partial charge in [-0.15, -0.1) is 0 Å². The fraction of sp³-hybridized carbons (Fsp3) is 0. The number of nitrogens with two attached hydrogens (primary N) is 1. The maximum atomic E-state index is 11.0. The summed E-state index contributed by atoms with van der Waals surface area (Å²) in [6.45, 7) is 0. The van der Waals surface area contributed by atoms with Crippen LogP contribution in [0.2, 0.25) is 0 Å². The summed E-state index contributed by atoms with van der Waals surface area (Å²) in [4.78, 5) is 25.8. The number of aldehydes is 2. The predicted molar refractivity (Wildman–Crippen MR) is 78.6 cm³/mol. The summed E-state index contributed by atoms with van der Waals surface area (Å²) in [5.74, 6) is 0.165. The van der Waals surface area contributed by atoms with Crippen molar-refractivity contribution in [1.29, 1.82) is 0 Å². The average Bonchev–Trinajstić information content (AvgIpc) is 2.48. The lowest BCUT2D eigenvalue weighted by atomic mass is 10.1. The van der Waals surface area contributed by atoms with Gasteiger partial charge in [-0.2, -0.15) is 0 Å². The lowest BCUT2D eigenvalue weighted by Crippen LogP contribution is -2.21. The molecule has 100 valence electrons. The van der Waals surface area contributed by atoms with Crippen molar-refractivity contribution >= 4 is 29.9 Å². The number of nitrogens with one attached hydrogen (secondary N) is 1. The van der Waals surface area contributed by atoms with Crippen molar-refractivity contribution in [3.05, 3.63) is 59.7 Å². The van der Waals surface area contributed by atoms with Crippen LogP contribution in [0.1, 0.15) is 20.7 Å². The number of aliphatic imine (C=N–C) groups is 1. The molecule has 3 N–H and O–H groups in total. The van der Waals surface area contributed by atoms with E-state index in [0.29, 0.717) is 29.4 Å². The van der Waals surface area contributed by atoms with Crippen molar-refractivity contribution in [2.75, 3.05) is 5.32 Å². The molecule has 0 aliphatic heterocycles. The van der Waals surface area contributed by atoms with Gasteiger partial charge >= 0.3 is 0 Å². The topological polar surface area (TPSA) is 84.5 Å². The molecule has 20 heavy (non-hydrogen) atoms. The van der Waals surface area contributed by atoms with E-state index in [-0.39, 0.29) is 5.96 Å². The van der Waals surface area contributed by atoms with Crippen LogP contribution in [0.4, 0.5) is 11.4 Å². The van der Waals surface area contributed by atoms with E-state index in [1.807, 2.05) is 30.3 Å². The number of anilines is 1. The quantitative estimate of drug-likeness (QED) is 0.506. The van der Waals surface area contributed by atoms with E-state index in [4.69, 9.17) is 5.73 Å². The van der Waals surface area contributed by atoms with Crippen LogP contribution in [-0.2, 0) is 0 Å². The number of para-hydroxylation sites is 1. The van der Waals surface area contributed by atoms with Gasteiger partial charge in [-0.1, -0.05) is 18.2 Å². The maximum Gasteiger partial charge on any atom is 0.198 e. The van der Waals surface area contributed by atoms with Crippen molar-refractivity contribution in [3.63, 3.8) is 0 Å². The van der Waals surface area contributed by atoms with E-state index in [1.165, 1.54) is 6.07 Å². The Morgan fingerprint density at radius 2 is 1.80 bits per heavy atom. The molecular weight excluding hydrogens is 254 g/mol. The lowest BCUT2D eigenvalue weighted by molar-refractivity contribution is 0.112. The molecule has 0 atom stereocenters. The number of benzene rings is 2. The normalized spacial score (nSPS) is 10.9. The fourth-order valence-corrected chi connectivity index (χ4v) is 1.67. The van der Waals surface area contributed by atoms with E-state index in [1.54, 1.807) is 12.1 Å². The van der Waals surface area contributed by atoms with Gasteiger partial charge in [0.2, 0.25) is 0 Å². The molecule has 0 aliphatic carbocycles. The van der Waals surface area contributed by atoms with Crippen molar-refractivity contribution in [2.45, 2.75) is 0 Å². The van der Waals surface area contributed by atoms with Gasteiger partial charge in [0, 0.05) is 16.8 Å². The third-order valence-corrected chi connectivity index (χ3v) is 2.60. The molecule has 0 unspecified atom stereocenters. The molecule has 0 fully saturated rings. The SMILES string of the molecule is NC(=Nc1ccc(C=O)cc1C=O)Nc1ccccc1. The molecule has 5 nitrogen and oxygen atoms in total. The second-order valence-electron chi connectivity index (χ2n) is 4.04. The first kappa shape index (κ1) is 13.5. The Morgan fingerprint density at radius 3 is 2.45 bits per heavy atom. The second kappa shape index (κ2) is 6.29. The van der Waals surface area contributed by atoms with Crippen LogP contribution in [0.15, 0.2) is 53.5 Å². The largest absolute Gasteiger partial charge is 0.369 e. The fourth-order valence-electron chi connectivity index (χ4n) is 1.67. The highest BCUT2D eigenvalue weighted by Gasteiger charge is 2.03. The maximum absolute atomic E-state index is 11.0. The van der Waals surface area contributed by atoms with Crippen molar-refractivity contribution in [1.82, 2.24) is 0 Å². The third-order valence-electron chi connectivity index (χ3n) is 2.60. The number of hydrogen-bond acceptors (Lipinski definition) is 3. The molecule has 0 saturated carbocycles. The van der Waals surface area contributed by atoms with Crippen LogP contribution in [0, 0.1) is 0 Å². The van der Waals surface area contributed by atoms with Crippen molar-refractivity contribution in [2.24, 2.45) is 10.7 Å². The second-order valence-corrected chi connectivity index (χ2v) is 4.04. The molecule has 0 aliphatic rings. The lowest BCUT2D eigenvalue weighted by Gasteiger charge is -2.06. The molecule has 5 heteroatoms. The molecule has 0 radical (unpaired) electrons. The average molecular weight is 267 g/mol. The zero-order valence-electron chi connectivity index (χ0n) is 10.6. The van der Waals surface area contributed by atoms with Gasteiger partial charge in [0.05, 0.1) is 5.69 Å². The van der Waals surface area contributed by atoms with E-state index in [2.05, 4.69) is 10.3 Å². The van der Waals surface area contributed by atoms with Crippen LogP contribution < -0.4 is 11.1 Å². The standard InChI is InChI=1S/C15H13N3O2/c16-15(17-13-4-2-1-3-5-13)18-14-7-6-11(9-19)8-12(14)10-20/h1-10H,(H3,16,17,18). The highest BCUT2D eigenvalue weighted by atomic mass is 16.1. The number of hydrogen-bond donors (Lipinski definition) is 2. The molecule has 0 bridgehead atoms. The van der Waals surface area contributed by atoms with Crippen LogP contribution in [-0.4, -0.2) is 18.5 Å². The molecule has 0 saturated heterocycles. The Bertz CT molecular complexity index is 651. The highest BCUT2D eigenvalue weighted by molar-refractivity contribution is 5.96. The summed E-state index contributed by atoms with van der Waals surface area (Å²) in [5.41, 5.74) is 7.72. The van der Waals surface area contributed by atoms with Gasteiger partial charge in [-0.25, -0.2) is 4.99 Å². The predicted octanol–water partition coefficient (Wildman–Crippen LogP) is 2.37. The number of carbonyl (C=O) groups excluding carboxylic acids is 2. The Morgan fingerprint density at radius 1 is 1.05 bits per heavy atom. The van der Waals surface area contributed by atoms with E-state index in [9.17, 15) is 9.59 Å². The first-order chi connectivity index (χ1) is 9.72. The molecule has 0 aromatic heterocycles. The molecule has 2 aromatic rings. The zero-order chi connectivity index (χ0) is 14.4. The molecule has 2 aromatic carbocycles. The molecule has 2 rings (SSSR count). The van der Waals surface area contributed by atoms with Crippen molar-refractivity contribution < 1.29 is 9.59 Å². The minimum Gasteiger partial charge on any atom is -0.369 e.